The highest BCUT2D eigenvalue weighted by Crippen LogP contribution is 2.38. The van der Waals surface area contributed by atoms with Crippen LogP contribution in [0.4, 0.5) is 0 Å². The summed E-state index contributed by atoms with van der Waals surface area (Å²) in [5.41, 5.74) is 2.72. The van der Waals surface area contributed by atoms with Gasteiger partial charge in [0.15, 0.2) is 0 Å². The molecule has 2 N–H and O–H groups in total. The Kier molecular flexibility index (Phi) is 4.79. The highest BCUT2D eigenvalue weighted by Gasteiger charge is 2.35. The van der Waals surface area contributed by atoms with Crippen molar-refractivity contribution < 1.29 is 10.0 Å². The lowest BCUT2D eigenvalue weighted by Gasteiger charge is -2.32. The Morgan fingerprint density at radius 1 is 0.708 bits per heavy atom. The first-order valence-corrected chi connectivity index (χ1v) is 8.33. The molecule has 0 aliphatic rings. The zero-order valence-electron chi connectivity index (χ0n) is 14.2. The maximum Gasteiger partial charge on any atom is 0.141 e. The highest BCUT2D eigenvalue weighted by molar-refractivity contribution is 5.49. The fourth-order valence-corrected chi connectivity index (χ4v) is 3.24. The van der Waals surface area contributed by atoms with Gasteiger partial charge >= 0.3 is 0 Å². The van der Waals surface area contributed by atoms with Crippen LogP contribution in [0, 0.1) is 0 Å². The molecule has 0 saturated carbocycles. The number of hydrogen-bond donors (Lipinski definition) is 2. The summed E-state index contributed by atoms with van der Waals surface area (Å²) in [6.45, 7) is 0.859. The molecule has 0 bridgehead atoms. The number of rotatable bonds is 5. The van der Waals surface area contributed by atoms with E-state index in [0.717, 1.165) is 28.8 Å². The molecule has 0 aromatic heterocycles. The Morgan fingerprint density at radius 3 is 1.67 bits per heavy atom. The summed E-state index contributed by atoms with van der Waals surface area (Å²) in [6.07, 6.45) is 0. The second-order valence-corrected chi connectivity index (χ2v) is 6.48. The van der Waals surface area contributed by atoms with Gasteiger partial charge in [-0.2, -0.15) is 0 Å². The van der Waals surface area contributed by atoms with Crippen molar-refractivity contribution in [3.8, 4) is 0 Å². The average molecular weight is 318 g/mol. The number of quaternary nitrogens is 1. The van der Waals surface area contributed by atoms with Gasteiger partial charge in [-0.1, -0.05) is 84.9 Å². The van der Waals surface area contributed by atoms with E-state index in [-0.39, 0.29) is 0 Å². The van der Waals surface area contributed by atoms with E-state index in [4.69, 9.17) is 0 Å². The van der Waals surface area contributed by atoms with Crippen LogP contribution in [-0.4, -0.2) is 19.2 Å². The molecule has 122 valence electrons. The number of nitrogens with one attached hydrogen (secondary N) is 1. The normalized spacial score (nSPS) is 11.7. The van der Waals surface area contributed by atoms with Gasteiger partial charge in [-0.15, -0.1) is 0 Å². The van der Waals surface area contributed by atoms with Gasteiger partial charge in [0.25, 0.3) is 0 Å². The lowest BCUT2D eigenvalue weighted by Crippen LogP contribution is -3.04. The molecule has 24 heavy (non-hydrogen) atoms. The maximum atomic E-state index is 11.9. The van der Waals surface area contributed by atoms with Crippen LogP contribution in [0.1, 0.15) is 22.3 Å². The van der Waals surface area contributed by atoms with Crippen molar-refractivity contribution in [2.75, 3.05) is 14.1 Å². The molecular weight excluding hydrogens is 294 g/mol. The summed E-state index contributed by atoms with van der Waals surface area (Å²) < 4.78 is 0. The maximum absolute atomic E-state index is 11.9. The standard InChI is InChI=1S/C22H23NO/c1-23(2)17-18-11-9-10-16-21(18)22(24,19-12-5-3-6-13-19)20-14-7-4-8-15-20/h3-16,24H,17H2,1-2H3/p+1. The molecule has 3 rings (SSSR count). The molecule has 3 aromatic rings. The zero-order valence-corrected chi connectivity index (χ0v) is 14.2. The van der Waals surface area contributed by atoms with Gasteiger partial charge in [-0.25, -0.2) is 0 Å². The van der Waals surface area contributed by atoms with Crippen molar-refractivity contribution in [2.24, 2.45) is 0 Å². The van der Waals surface area contributed by atoms with Gasteiger partial charge in [0.05, 0.1) is 14.1 Å². The van der Waals surface area contributed by atoms with Gasteiger partial charge in [0, 0.05) is 11.1 Å². The van der Waals surface area contributed by atoms with Crippen LogP contribution < -0.4 is 4.90 Å². The van der Waals surface area contributed by atoms with Gasteiger partial charge in [0.1, 0.15) is 12.1 Å². The summed E-state index contributed by atoms with van der Waals surface area (Å²) in [5, 5.41) is 11.9. The molecular formula is C22H24NO+. The number of aliphatic hydroxyl groups is 1. The fraction of sp³-hybridized carbons (Fsp3) is 0.182. The molecule has 3 aromatic carbocycles. The molecule has 0 amide bonds. The smallest absolute Gasteiger partial charge is 0.141 e. The van der Waals surface area contributed by atoms with Crippen LogP contribution in [0.2, 0.25) is 0 Å². The van der Waals surface area contributed by atoms with Gasteiger partial charge < -0.3 is 10.0 Å². The second kappa shape index (κ2) is 7.00. The summed E-state index contributed by atoms with van der Waals surface area (Å²) in [4.78, 5) is 1.32. The topological polar surface area (TPSA) is 24.7 Å². The van der Waals surface area contributed by atoms with Gasteiger partial charge in [0.2, 0.25) is 0 Å². The Bertz CT molecular complexity index is 742. The predicted octanol–water partition coefficient (Wildman–Crippen LogP) is 2.62. The Hall–Kier alpha value is -2.42. The Balaban J connectivity index is 2.24. The third kappa shape index (κ3) is 3.12. The molecule has 0 atom stereocenters. The van der Waals surface area contributed by atoms with Crippen LogP contribution in [0.15, 0.2) is 84.9 Å². The second-order valence-electron chi connectivity index (χ2n) is 6.48. The van der Waals surface area contributed by atoms with E-state index in [0.29, 0.717) is 0 Å². The van der Waals surface area contributed by atoms with Crippen molar-refractivity contribution >= 4 is 0 Å². The minimum absolute atomic E-state index is 0.859. The predicted molar refractivity (Wildman–Crippen MR) is 97.9 cm³/mol. The van der Waals surface area contributed by atoms with E-state index < -0.39 is 5.60 Å². The third-order valence-electron chi connectivity index (χ3n) is 4.33. The summed E-state index contributed by atoms with van der Waals surface area (Å²) in [5.74, 6) is 0. The molecule has 0 fully saturated rings. The molecule has 2 nitrogen and oxygen atoms in total. The van der Waals surface area contributed by atoms with Crippen molar-refractivity contribution in [3.05, 3.63) is 107 Å². The fourth-order valence-electron chi connectivity index (χ4n) is 3.24. The lowest BCUT2D eigenvalue weighted by atomic mass is 9.78. The molecule has 0 heterocycles. The minimum Gasteiger partial charge on any atom is -0.376 e. The summed E-state index contributed by atoms with van der Waals surface area (Å²) in [6, 6.07) is 28.0. The Morgan fingerprint density at radius 2 is 1.17 bits per heavy atom. The SMILES string of the molecule is C[NH+](C)Cc1ccccc1C(O)(c1ccccc1)c1ccccc1. The lowest BCUT2D eigenvalue weighted by molar-refractivity contribution is -0.872. The van der Waals surface area contributed by atoms with E-state index in [1.165, 1.54) is 4.90 Å². The van der Waals surface area contributed by atoms with Gasteiger partial charge in [-0.3, -0.25) is 0 Å². The number of hydrogen-bond acceptors (Lipinski definition) is 1. The molecule has 0 aliphatic heterocycles. The zero-order chi connectivity index (χ0) is 17.0. The highest BCUT2D eigenvalue weighted by atomic mass is 16.3. The van der Waals surface area contributed by atoms with Crippen LogP contribution >= 0.6 is 0 Å². The van der Waals surface area contributed by atoms with E-state index in [1.54, 1.807) is 0 Å². The quantitative estimate of drug-likeness (QED) is 0.695. The summed E-state index contributed by atoms with van der Waals surface area (Å²) >= 11 is 0. The first kappa shape index (κ1) is 16.4. The third-order valence-corrected chi connectivity index (χ3v) is 4.33. The first-order chi connectivity index (χ1) is 11.6. The minimum atomic E-state index is -1.16. The van der Waals surface area contributed by atoms with Crippen molar-refractivity contribution in [1.82, 2.24) is 0 Å². The van der Waals surface area contributed by atoms with Gasteiger partial charge in [-0.05, 0) is 11.1 Å². The van der Waals surface area contributed by atoms with Crippen molar-refractivity contribution in [1.29, 1.82) is 0 Å². The molecule has 0 radical (unpaired) electrons. The van der Waals surface area contributed by atoms with Crippen LogP contribution in [0.3, 0.4) is 0 Å². The first-order valence-electron chi connectivity index (χ1n) is 8.33. The summed E-state index contributed by atoms with van der Waals surface area (Å²) in [7, 11) is 4.25. The molecule has 0 aliphatic carbocycles. The van der Waals surface area contributed by atoms with E-state index in [1.807, 2.05) is 78.9 Å². The molecule has 2 heteroatoms. The Labute approximate surface area is 144 Å². The van der Waals surface area contributed by atoms with Crippen LogP contribution in [0.5, 0.6) is 0 Å². The van der Waals surface area contributed by atoms with Crippen LogP contribution in [0.25, 0.3) is 0 Å². The van der Waals surface area contributed by atoms with Crippen molar-refractivity contribution in [2.45, 2.75) is 12.1 Å². The van der Waals surface area contributed by atoms with Crippen molar-refractivity contribution in [3.63, 3.8) is 0 Å². The largest absolute Gasteiger partial charge is 0.376 e. The van der Waals surface area contributed by atoms with Crippen LogP contribution in [-0.2, 0) is 12.1 Å². The molecule has 0 saturated heterocycles. The molecule has 0 spiro atoms. The van der Waals surface area contributed by atoms with E-state index >= 15 is 0 Å². The van der Waals surface area contributed by atoms with E-state index in [2.05, 4.69) is 20.2 Å². The number of benzene rings is 3. The molecule has 0 unspecified atom stereocenters. The monoisotopic (exact) mass is 318 g/mol. The van der Waals surface area contributed by atoms with E-state index in [9.17, 15) is 5.11 Å². The average Bonchev–Trinajstić information content (AvgIpc) is 2.62.